The third-order valence-electron chi connectivity index (χ3n) is 7.71. The van der Waals surface area contributed by atoms with Crippen molar-refractivity contribution >= 4 is 42.5 Å². The number of rotatable bonds is 5. The average Bonchev–Trinajstić information content (AvgIpc) is 3.70. The quantitative estimate of drug-likeness (QED) is 0.478. The van der Waals surface area contributed by atoms with E-state index in [-0.39, 0.29) is 30.9 Å². The first-order valence-corrected chi connectivity index (χ1v) is 14.0. The molecule has 3 saturated heterocycles. The first-order chi connectivity index (χ1) is 17.3. The van der Waals surface area contributed by atoms with Crippen LogP contribution in [-0.4, -0.2) is 75.4 Å². The lowest BCUT2D eigenvalue weighted by Crippen LogP contribution is -2.43. The van der Waals surface area contributed by atoms with Crippen molar-refractivity contribution in [3.63, 3.8) is 0 Å². The van der Waals surface area contributed by atoms with Crippen LogP contribution >= 0.6 is 36.6 Å². The topological polar surface area (TPSA) is 53.4 Å². The smallest absolute Gasteiger partial charge is 0.240 e. The van der Waals surface area contributed by atoms with Crippen molar-refractivity contribution in [1.82, 2.24) is 24.9 Å². The van der Waals surface area contributed by atoms with E-state index in [9.17, 15) is 4.79 Å². The number of nitrogens with zero attached hydrogens (tertiary/aromatic N) is 4. The number of nitrogens with one attached hydrogen (secondary N) is 1. The van der Waals surface area contributed by atoms with Gasteiger partial charge in [0.25, 0.3) is 0 Å². The number of hydrogen-bond acceptors (Lipinski definition) is 5. The molecular weight excluding hydrogens is 525 g/mol. The van der Waals surface area contributed by atoms with Crippen LogP contribution in [0.3, 0.4) is 0 Å². The minimum absolute atomic E-state index is 0. The fraction of sp³-hybridized carbons (Fsp3) is 0.429. The van der Waals surface area contributed by atoms with Gasteiger partial charge in [0, 0.05) is 43.5 Å². The van der Waals surface area contributed by atoms with E-state index in [2.05, 4.69) is 81.6 Å². The first-order valence-electron chi connectivity index (χ1n) is 12.8. The maximum atomic E-state index is 12.8. The Morgan fingerprint density at radius 3 is 2.22 bits per heavy atom. The fourth-order valence-electron chi connectivity index (χ4n) is 5.73. The van der Waals surface area contributed by atoms with Gasteiger partial charge >= 0.3 is 0 Å². The van der Waals surface area contributed by atoms with Gasteiger partial charge in [0.1, 0.15) is 0 Å². The predicted molar refractivity (Wildman–Crippen MR) is 157 cm³/mol. The molecule has 3 aliphatic heterocycles. The third-order valence-corrected chi connectivity index (χ3v) is 8.67. The van der Waals surface area contributed by atoms with Gasteiger partial charge in [-0.2, -0.15) is 5.10 Å². The fourth-order valence-corrected chi connectivity index (χ4v) is 6.69. The van der Waals surface area contributed by atoms with Gasteiger partial charge in [-0.05, 0) is 30.9 Å². The van der Waals surface area contributed by atoms with E-state index >= 15 is 0 Å². The van der Waals surface area contributed by atoms with E-state index in [1.165, 1.54) is 11.3 Å². The van der Waals surface area contributed by atoms with E-state index in [0.29, 0.717) is 18.0 Å². The minimum atomic E-state index is -0.0133. The molecule has 9 heteroatoms. The molecule has 4 heterocycles. The molecule has 37 heavy (non-hydrogen) atoms. The van der Waals surface area contributed by atoms with Gasteiger partial charge in [0.15, 0.2) is 0 Å². The largest absolute Gasteiger partial charge is 0.331 e. The van der Waals surface area contributed by atoms with E-state index in [4.69, 9.17) is 5.10 Å². The van der Waals surface area contributed by atoms with Crippen LogP contribution in [-0.2, 0) is 4.79 Å². The second-order valence-corrected chi connectivity index (χ2v) is 10.9. The van der Waals surface area contributed by atoms with Gasteiger partial charge in [-0.15, -0.1) is 36.6 Å². The molecule has 2 aromatic carbocycles. The average molecular weight is 561 g/mol. The first kappa shape index (κ1) is 28.0. The molecule has 198 valence electrons. The van der Waals surface area contributed by atoms with Crippen molar-refractivity contribution in [2.75, 3.05) is 37.8 Å². The second-order valence-electron chi connectivity index (χ2n) is 9.85. The normalized spacial score (nSPS) is 22.4. The standard InChI is InChI=1S/C28H33N5OS.2ClH/c34-28(32-15-16-35-20-32)26-17-24(19-29-26)31-13-11-23(12-14-31)33-27(22-9-5-2-6-10-22)18-25(30-33)21-7-3-1-4-8-21;;/h1-10,18,23-24,26,29H,11-17,19-20H2;2*1H/t24-,26-;;/m0../s1. The van der Waals surface area contributed by atoms with Crippen LogP contribution in [0.2, 0.25) is 0 Å². The lowest BCUT2D eigenvalue weighted by molar-refractivity contribution is -0.131. The zero-order valence-corrected chi connectivity index (χ0v) is 23.3. The van der Waals surface area contributed by atoms with Crippen LogP contribution in [0.15, 0.2) is 66.7 Å². The summed E-state index contributed by atoms with van der Waals surface area (Å²) in [6.07, 6.45) is 3.08. The molecule has 0 unspecified atom stereocenters. The van der Waals surface area contributed by atoms with Crippen molar-refractivity contribution in [2.45, 2.75) is 37.4 Å². The molecule has 0 radical (unpaired) electrons. The number of halogens is 2. The molecule has 1 aromatic heterocycles. The van der Waals surface area contributed by atoms with Crippen molar-refractivity contribution < 1.29 is 4.79 Å². The Morgan fingerprint density at radius 1 is 0.892 bits per heavy atom. The van der Waals surface area contributed by atoms with Gasteiger partial charge in [0.05, 0.1) is 29.3 Å². The Balaban J connectivity index is 0.00000160. The molecule has 0 bridgehead atoms. The second kappa shape index (κ2) is 12.7. The Kier molecular flexibility index (Phi) is 9.59. The summed E-state index contributed by atoms with van der Waals surface area (Å²) in [5.41, 5.74) is 4.60. The highest BCUT2D eigenvalue weighted by atomic mass is 35.5. The van der Waals surface area contributed by atoms with Gasteiger partial charge in [-0.25, -0.2) is 0 Å². The monoisotopic (exact) mass is 559 g/mol. The molecule has 3 aliphatic rings. The minimum Gasteiger partial charge on any atom is -0.331 e. The van der Waals surface area contributed by atoms with Gasteiger partial charge < -0.3 is 10.2 Å². The van der Waals surface area contributed by atoms with Crippen molar-refractivity contribution in [3.05, 3.63) is 66.7 Å². The number of carbonyl (C=O) groups excluding carboxylic acids is 1. The summed E-state index contributed by atoms with van der Waals surface area (Å²) in [4.78, 5) is 17.4. The summed E-state index contributed by atoms with van der Waals surface area (Å²) < 4.78 is 2.28. The number of aromatic nitrogens is 2. The van der Waals surface area contributed by atoms with Crippen molar-refractivity contribution in [1.29, 1.82) is 0 Å². The number of thioether (sulfide) groups is 1. The van der Waals surface area contributed by atoms with Crippen LogP contribution in [0.1, 0.15) is 25.3 Å². The number of amides is 1. The molecule has 1 amide bonds. The molecule has 0 aliphatic carbocycles. The Bertz CT molecular complexity index is 1150. The molecule has 6 rings (SSSR count). The number of benzene rings is 2. The van der Waals surface area contributed by atoms with Crippen LogP contribution in [0.4, 0.5) is 0 Å². The van der Waals surface area contributed by atoms with Gasteiger partial charge in [-0.1, -0.05) is 60.7 Å². The number of piperidine rings is 1. The lowest BCUT2D eigenvalue weighted by Gasteiger charge is -2.36. The highest BCUT2D eigenvalue weighted by Gasteiger charge is 2.37. The van der Waals surface area contributed by atoms with E-state index in [1.807, 2.05) is 16.7 Å². The number of likely N-dealkylation sites (tertiary alicyclic amines) is 1. The molecule has 0 saturated carbocycles. The van der Waals surface area contributed by atoms with Crippen molar-refractivity contribution in [3.8, 4) is 22.5 Å². The summed E-state index contributed by atoms with van der Waals surface area (Å²) in [7, 11) is 0. The van der Waals surface area contributed by atoms with Crippen LogP contribution in [0, 0.1) is 0 Å². The maximum absolute atomic E-state index is 12.8. The summed E-state index contributed by atoms with van der Waals surface area (Å²) in [5.74, 6) is 2.22. The Labute approximate surface area is 236 Å². The predicted octanol–water partition coefficient (Wildman–Crippen LogP) is 4.96. The molecular formula is C28H35Cl2N5OS. The summed E-state index contributed by atoms with van der Waals surface area (Å²) in [6, 6.07) is 24.2. The lowest BCUT2D eigenvalue weighted by atomic mass is 10.0. The zero-order valence-electron chi connectivity index (χ0n) is 20.9. The molecule has 3 aromatic rings. The van der Waals surface area contributed by atoms with E-state index in [1.54, 1.807) is 0 Å². The molecule has 6 nitrogen and oxygen atoms in total. The molecule has 2 atom stereocenters. The van der Waals surface area contributed by atoms with Gasteiger partial charge in [-0.3, -0.25) is 14.4 Å². The van der Waals surface area contributed by atoms with Crippen LogP contribution < -0.4 is 5.32 Å². The number of carbonyl (C=O) groups is 1. The van der Waals surface area contributed by atoms with Crippen LogP contribution in [0.25, 0.3) is 22.5 Å². The summed E-state index contributed by atoms with van der Waals surface area (Å²) in [5, 5.41) is 8.63. The van der Waals surface area contributed by atoms with Crippen LogP contribution in [0.5, 0.6) is 0 Å². The summed E-state index contributed by atoms with van der Waals surface area (Å²) >= 11 is 1.85. The summed E-state index contributed by atoms with van der Waals surface area (Å²) in [6.45, 7) is 3.91. The molecule has 3 fully saturated rings. The van der Waals surface area contributed by atoms with Crippen molar-refractivity contribution in [2.24, 2.45) is 0 Å². The number of hydrogen-bond donors (Lipinski definition) is 1. The highest BCUT2D eigenvalue weighted by Crippen LogP contribution is 2.33. The van der Waals surface area contributed by atoms with E-state index in [0.717, 1.165) is 68.3 Å². The Hall–Kier alpha value is -2.03. The zero-order chi connectivity index (χ0) is 23.6. The Morgan fingerprint density at radius 2 is 1.57 bits per heavy atom. The van der Waals surface area contributed by atoms with Gasteiger partial charge in [0.2, 0.25) is 5.91 Å². The maximum Gasteiger partial charge on any atom is 0.240 e. The molecule has 0 spiro atoms. The molecule has 1 N–H and O–H groups in total. The third kappa shape index (κ3) is 6.02. The SMILES string of the molecule is Cl.Cl.O=C([C@@H]1C[C@H](N2CCC(n3nc(-c4ccccc4)cc3-c3ccccc3)CC2)CN1)N1CCSC1. The van der Waals surface area contributed by atoms with E-state index < -0.39 is 0 Å². The highest BCUT2D eigenvalue weighted by molar-refractivity contribution is 7.99.